The number of rotatable bonds is 4. The average Bonchev–Trinajstić information content (AvgIpc) is 2.68. The Morgan fingerprint density at radius 1 is 1.12 bits per heavy atom. The van der Waals surface area contributed by atoms with Gasteiger partial charge in [0.05, 0.1) is 18.4 Å². The van der Waals surface area contributed by atoms with Crippen molar-refractivity contribution in [3.63, 3.8) is 0 Å². The Bertz CT molecular complexity index is 803. The van der Waals surface area contributed by atoms with Crippen LogP contribution in [-0.4, -0.2) is 60.0 Å². The molecule has 1 aliphatic rings. The number of amides is 1. The van der Waals surface area contributed by atoms with Gasteiger partial charge in [-0.3, -0.25) is 4.79 Å². The van der Waals surface area contributed by atoms with Crippen molar-refractivity contribution in [1.29, 1.82) is 0 Å². The molecule has 1 aromatic heterocycles. The van der Waals surface area contributed by atoms with Gasteiger partial charge in [-0.25, -0.2) is 9.78 Å². The highest BCUT2D eigenvalue weighted by Crippen LogP contribution is 2.21. The van der Waals surface area contributed by atoms with E-state index in [0.29, 0.717) is 49.2 Å². The van der Waals surface area contributed by atoms with Gasteiger partial charge >= 0.3 is 5.97 Å². The Morgan fingerprint density at radius 2 is 1.85 bits per heavy atom. The molecule has 1 aromatic carbocycles. The quantitative estimate of drug-likeness (QED) is 0.835. The maximum atomic E-state index is 11.9. The fourth-order valence-corrected chi connectivity index (χ4v) is 2.81. The lowest BCUT2D eigenvalue weighted by Crippen LogP contribution is -2.48. The van der Waals surface area contributed by atoms with E-state index in [9.17, 15) is 9.59 Å². The summed E-state index contributed by atoms with van der Waals surface area (Å²) in [6.45, 7) is 4.25. The highest BCUT2D eigenvalue weighted by molar-refractivity contribution is 5.96. The number of carbonyl (C=O) groups excluding carboxylic acids is 2. The SMILES string of the molecule is COC(=O)c1ccccc1Nc1ccnc(N2CCN(C(C)=O)CC2)n1. The van der Waals surface area contributed by atoms with Crippen LogP contribution in [0.3, 0.4) is 0 Å². The van der Waals surface area contributed by atoms with Crippen molar-refractivity contribution in [1.82, 2.24) is 14.9 Å². The van der Waals surface area contributed by atoms with Gasteiger partial charge in [0.15, 0.2) is 0 Å². The Morgan fingerprint density at radius 3 is 2.54 bits per heavy atom. The van der Waals surface area contributed by atoms with Gasteiger partial charge in [-0.05, 0) is 18.2 Å². The van der Waals surface area contributed by atoms with Crippen molar-refractivity contribution >= 4 is 29.3 Å². The maximum absolute atomic E-state index is 11.9. The summed E-state index contributed by atoms with van der Waals surface area (Å²) in [5.74, 6) is 0.845. The van der Waals surface area contributed by atoms with Gasteiger partial charge in [0.2, 0.25) is 11.9 Å². The molecule has 0 unspecified atom stereocenters. The smallest absolute Gasteiger partial charge is 0.339 e. The largest absolute Gasteiger partial charge is 0.465 e. The molecule has 1 amide bonds. The van der Waals surface area contributed by atoms with E-state index in [0.717, 1.165) is 0 Å². The Hall–Kier alpha value is -3.16. The molecule has 1 aliphatic heterocycles. The zero-order valence-electron chi connectivity index (χ0n) is 14.8. The van der Waals surface area contributed by atoms with Crippen LogP contribution in [0.4, 0.5) is 17.5 Å². The fourth-order valence-electron chi connectivity index (χ4n) is 2.81. The molecule has 136 valence electrons. The first-order valence-corrected chi connectivity index (χ1v) is 8.36. The van der Waals surface area contributed by atoms with E-state index in [1.54, 1.807) is 37.4 Å². The van der Waals surface area contributed by atoms with E-state index in [1.165, 1.54) is 7.11 Å². The number of esters is 1. The molecule has 26 heavy (non-hydrogen) atoms. The molecule has 8 heteroatoms. The van der Waals surface area contributed by atoms with Crippen molar-refractivity contribution in [2.24, 2.45) is 0 Å². The Kier molecular flexibility index (Phi) is 5.31. The lowest BCUT2D eigenvalue weighted by atomic mass is 10.2. The minimum atomic E-state index is -0.414. The number of benzene rings is 1. The van der Waals surface area contributed by atoms with Crippen LogP contribution in [0.15, 0.2) is 36.5 Å². The molecule has 2 aromatic rings. The second-order valence-electron chi connectivity index (χ2n) is 5.90. The molecule has 0 atom stereocenters. The maximum Gasteiger partial charge on any atom is 0.339 e. The van der Waals surface area contributed by atoms with E-state index in [2.05, 4.69) is 15.3 Å². The average molecular weight is 355 g/mol. The number of nitrogens with one attached hydrogen (secondary N) is 1. The molecule has 0 bridgehead atoms. The van der Waals surface area contributed by atoms with Gasteiger partial charge in [-0.2, -0.15) is 4.98 Å². The molecule has 0 aliphatic carbocycles. The summed E-state index contributed by atoms with van der Waals surface area (Å²) < 4.78 is 4.81. The second kappa shape index (κ2) is 7.81. The van der Waals surface area contributed by atoms with E-state index < -0.39 is 5.97 Å². The number of nitrogens with zero attached hydrogens (tertiary/aromatic N) is 4. The molecule has 0 saturated carbocycles. The predicted octanol–water partition coefficient (Wildman–Crippen LogP) is 1.68. The van der Waals surface area contributed by atoms with Gasteiger partial charge in [0.1, 0.15) is 5.82 Å². The van der Waals surface area contributed by atoms with Gasteiger partial charge in [-0.1, -0.05) is 12.1 Å². The number of methoxy groups -OCH3 is 1. The highest BCUT2D eigenvalue weighted by Gasteiger charge is 2.20. The van der Waals surface area contributed by atoms with E-state index in [-0.39, 0.29) is 5.91 Å². The molecule has 0 radical (unpaired) electrons. The molecular formula is C18H21N5O3. The van der Waals surface area contributed by atoms with Crippen LogP contribution < -0.4 is 10.2 Å². The van der Waals surface area contributed by atoms with Crippen LogP contribution >= 0.6 is 0 Å². The standard InChI is InChI=1S/C18H21N5O3/c1-13(24)22-9-11-23(12-10-22)18-19-8-7-16(21-18)20-15-6-4-3-5-14(15)17(25)26-2/h3-8H,9-12H2,1-2H3,(H,19,20,21). The van der Waals surface area contributed by atoms with Gasteiger partial charge in [0.25, 0.3) is 0 Å². The van der Waals surface area contributed by atoms with Crippen LogP contribution in [0.1, 0.15) is 17.3 Å². The molecule has 2 heterocycles. The van der Waals surface area contributed by atoms with Crippen molar-refractivity contribution in [3.05, 3.63) is 42.1 Å². The summed E-state index contributed by atoms with van der Waals surface area (Å²) in [7, 11) is 1.35. The fraction of sp³-hybridized carbons (Fsp3) is 0.333. The van der Waals surface area contributed by atoms with Crippen LogP contribution in [0, 0.1) is 0 Å². The normalized spacial score (nSPS) is 14.1. The first-order valence-electron chi connectivity index (χ1n) is 8.36. The third-order valence-corrected chi connectivity index (χ3v) is 4.25. The summed E-state index contributed by atoms with van der Waals surface area (Å²) >= 11 is 0. The summed E-state index contributed by atoms with van der Waals surface area (Å²) in [5.41, 5.74) is 1.05. The topological polar surface area (TPSA) is 87.7 Å². The third kappa shape index (κ3) is 3.90. The summed E-state index contributed by atoms with van der Waals surface area (Å²) in [6, 6.07) is 8.83. The monoisotopic (exact) mass is 355 g/mol. The number of anilines is 3. The molecule has 1 N–H and O–H groups in total. The van der Waals surface area contributed by atoms with Crippen molar-refractivity contribution in [2.75, 3.05) is 43.5 Å². The number of para-hydroxylation sites is 1. The zero-order valence-corrected chi connectivity index (χ0v) is 14.8. The zero-order chi connectivity index (χ0) is 18.5. The van der Waals surface area contributed by atoms with Crippen molar-refractivity contribution < 1.29 is 14.3 Å². The number of hydrogen-bond acceptors (Lipinski definition) is 7. The predicted molar refractivity (Wildman–Crippen MR) is 97.6 cm³/mol. The van der Waals surface area contributed by atoms with Crippen LogP contribution in [0.5, 0.6) is 0 Å². The Balaban J connectivity index is 1.75. The number of carbonyl (C=O) groups is 2. The first-order chi connectivity index (χ1) is 12.6. The van der Waals surface area contributed by atoms with Gasteiger partial charge < -0.3 is 19.9 Å². The van der Waals surface area contributed by atoms with Crippen LogP contribution in [0.2, 0.25) is 0 Å². The third-order valence-electron chi connectivity index (χ3n) is 4.25. The van der Waals surface area contributed by atoms with Crippen molar-refractivity contribution in [2.45, 2.75) is 6.92 Å². The van der Waals surface area contributed by atoms with E-state index >= 15 is 0 Å². The number of piperazine rings is 1. The number of hydrogen-bond donors (Lipinski definition) is 1. The Labute approximate surface area is 151 Å². The van der Waals surface area contributed by atoms with E-state index in [1.807, 2.05) is 15.9 Å². The molecule has 3 rings (SSSR count). The summed E-state index contributed by atoms with van der Waals surface area (Å²) in [5, 5.41) is 3.15. The van der Waals surface area contributed by atoms with Gasteiger partial charge in [-0.15, -0.1) is 0 Å². The minimum absolute atomic E-state index is 0.0837. The lowest BCUT2D eigenvalue weighted by Gasteiger charge is -2.34. The second-order valence-corrected chi connectivity index (χ2v) is 5.90. The lowest BCUT2D eigenvalue weighted by molar-refractivity contribution is -0.129. The van der Waals surface area contributed by atoms with Crippen LogP contribution in [0.25, 0.3) is 0 Å². The van der Waals surface area contributed by atoms with Crippen molar-refractivity contribution in [3.8, 4) is 0 Å². The molecule has 1 saturated heterocycles. The molecule has 1 fully saturated rings. The summed E-state index contributed by atoms with van der Waals surface area (Å²) in [6.07, 6.45) is 1.67. The first kappa shape index (κ1) is 17.7. The summed E-state index contributed by atoms with van der Waals surface area (Å²) in [4.78, 5) is 36.0. The number of ether oxygens (including phenoxy) is 1. The number of aromatic nitrogens is 2. The molecular weight excluding hydrogens is 334 g/mol. The molecule has 8 nitrogen and oxygen atoms in total. The van der Waals surface area contributed by atoms with Crippen LogP contribution in [-0.2, 0) is 9.53 Å². The molecule has 0 spiro atoms. The highest BCUT2D eigenvalue weighted by atomic mass is 16.5. The van der Waals surface area contributed by atoms with E-state index in [4.69, 9.17) is 4.74 Å². The minimum Gasteiger partial charge on any atom is -0.465 e. The van der Waals surface area contributed by atoms with Gasteiger partial charge in [0, 0.05) is 39.3 Å².